The summed E-state index contributed by atoms with van der Waals surface area (Å²) in [6.07, 6.45) is 2.78. The van der Waals surface area contributed by atoms with E-state index in [1.54, 1.807) is 19.1 Å². The van der Waals surface area contributed by atoms with Gasteiger partial charge in [-0.3, -0.25) is 4.72 Å². The molecule has 8 heteroatoms. The van der Waals surface area contributed by atoms with Gasteiger partial charge in [-0.15, -0.1) is 0 Å². The predicted octanol–water partition coefficient (Wildman–Crippen LogP) is 3.28. The largest absolute Gasteiger partial charge is 0.280 e. The first-order valence-electron chi connectivity index (χ1n) is 8.90. The second-order valence-corrected chi connectivity index (χ2v) is 10.5. The zero-order valence-electron chi connectivity index (χ0n) is 15.5. The lowest BCUT2D eigenvalue weighted by atomic mass is 10.2. The Balaban J connectivity index is 1.82. The van der Waals surface area contributed by atoms with E-state index in [0.717, 1.165) is 24.8 Å². The first-order chi connectivity index (χ1) is 12.7. The van der Waals surface area contributed by atoms with Crippen molar-refractivity contribution in [1.82, 2.24) is 4.31 Å². The van der Waals surface area contributed by atoms with Gasteiger partial charge in [0.05, 0.1) is 9.79 Å². The highest BCUT2D eigenvalue weighted by Crippen LogP contribution is 2.24. The number of piperidine rings is 1. The molecule has 27 heavy (non-hydrogen) atoms. The van der Waals surface area contributed by atoms with Gasteiger partial charge in [0.25, 0.3) is 10.0 Å². The predicted molar refractivity (Wildman–Crippen MR) is 106 cm³/mol. The van der Waals surface area contributed by atoms with Crippen LogP contribution in [0.2, 0.25) is 0 Å². The van der Waals surface area contributed by atoms with Crippen LogP contribution >= 0.6 is 0 Å². The summed E-state index contributed by atoms with van der Waals surface area (Å²) in [5.41, 5.74) is 1.83. The Bertz CT molecular complexity index is 1020. The quantitative estimate of drug-likeness (QED) is 0.823. The van der Waals surface area contributed by atoms with E-state index in [9.17, 15) is 16.8 Å². The average Bonchev–Trinajstić information content (AvgIpc) is 2.64. The Hall–Kier alpha value is -1.90. The summed E-state index contributed by atoms with van der Waals surface area (Å²) in [6, 6.07) is 11.1. The second-order valence-electron chi connectivity index (χ2n) is 6.86. The minimum Gasteiger partial charge on any atom is -0.280 e. The van der Waals surface area contributed by atoms with Gasteiger partial charge in [0.2, 0.25) is 10.0 Å². The highest BCUT2D eigenvalue weighted by molar-refractivity contribution is 7.92. The molecule has 0 atom stereocenters. The van der Waals surface area contributed by atoms with Crippen LogP contribution in [0.25, 0.3) is 0 Å². The fourth-order valence-corrected chi connectivity index (χ4v) is 6.06. The minimum atomic E-state index is -3.75. The second kappa shape index (κ2) is 7.61. The molecule has 2 aromatic carbocycles. The van der Waals surface area contributed by atoms with Gasteiger partial charge in [-0.25, -0.2) is 16.8 Å². The number of sulfonamides is 2. The van der Waals surface area contributed by atoms with E-state index in [1.165, 1.54) is 28.6 Å². The zero-order valence-corrected chi connectivity index (χ0v) is 17.1. The Morgan fingerprint density at radius 3 is 2.11 bits per heavy atom. The molecular formula is C19H24N2O4S2. The third-order valence-corrected chi connectivity index (χ3v) is 8.13. The first-order valence-corrected chi connectivity index (χ1v) is 11.8. The fourth-order valence-electron chi connectivity index (χ4n) is 3.16. The van der Waals surface area contributed by atoms with Crippen LogP contribution in [0.5, 0.6) is 0 Å². The summed E-state index contributed by atoms with van der Waals surface area (Å²) < 4.78 is 54.7. The number of rotatable bonds is 5. The summed E-state index contributed by atoms with van der Waals surface area (Å²) in [5.74, 6) is 0. The van der Waals surface area contributed by atoms with Crippen LogP contribution in [0, 0.1) is 13.8 Å². The molecule has 1 saturated heterocycles. The van der Waals surface area contributed by atoms with Gasteiger partial charge in [-0.2, -0.15) is 4.31 Å². The molecule has 1 aliphatic heterocycles. The van der Waals surface area contributed by atoms with Crippen LogP contribution in [0.1, 0.15) is 30.4 Å². The van der Waals surface area contributed by atoms with E-state index in [-0.39, 0.29) is 9.79 Å². The summed E-state index contributed by atoms with van der Waals surface area (Å²) in [5, 5.41) is 0. The lowest BCUT2D eigenvalue weighted by Crippen LogP contribution is -2.35. The molecule has 2 aromatic rings. The van der Waals surface area contributed by atoms with Crippen molar-refractivity contribution in [3.8, 4) is 0 Å². The van der Waals surface area contributed by atoms with Gasteiger partial charge >= 0.3 is 0 Å². The van der Waals surface area contributed by atoms with Crippen LogP contribution < -0.4 is 4.72 Å². The number of anilines is 1. The fraction of sp³-hybridized carbons (Fsp3) is 0.368. The summed E-state index contributed by atoms with van der Waals surface area (Å²) in [4.78, 5) is 0.395. The Morgan fingerprint density at radius 2 is 1.48 bits per heavy atom. The van der Waals surface area contributed by atoms with Gasteiger partial charge < -0.3 is 0 Å². The number of hydrogen-bond acceptors (Lipinski definition) is 4. The molecule has 3 rings (SSSR count). The van der Waals surface area contributed by atoms with Crippen LogP contribution in [-0.4, -0.2) is 34.2 Å². The molecule has 0 aromatic heterocycles. The Morgan fingerprint density at radius 1 is 0.852 bits per heavy atom. The van der Waals surface area contributed by atoms with E-state index in [0.29, 0.717) is 24.3 Å². The zero-order chi connectivity index (χ0) is 19.7. The number of benzene rings is 2. The topological polar surface area (TPSA) is 83.5 Å². The third kappa shape index (κ3) is 4.34. The summed E-state index contributed by atoms with van der Waals surface area (Å²) in [6.45, 7) is 4.63. The van der Waals surface area contributed by atoms with Crippen LogP contribution in [-0.2, 0) is 20.0 Å². The van der Waals surface area contributed by atoms with Crippen molar-refractivity contribution >= 4 is 25.7 Å². The maximum Gasteiger partial charge on any atom is 0.262 e. The van der Waals surface area contributed by atoms with Crippen LogP contribution in [0.15, 0.2) is 52.3 Å². The van der Waals surface area contributed by atoms with E-state index >= 15 is 0 Å². The highest BCUT2D eigenvalue weighted by atomic mass is 32.2. The van der Waals surface area contributed by atoms with Crippen molar-refractivity contribution in [2.75, 3.05) is 17.8 Å². The Kier molecular flexibility index (Phi) is 5.60. The summed E-state index contributed by atoms with van der Waals surface area (Å²) in [7, 11) is -7.28. The van der Waals surface area contributed by atoms with Crippen LogP contribution in [0.4, 0.5) is 5.69 Å². The number of aryl methyl sites for hydroxylation is 2. The smallest absolute Gasteiger partial charge is 0.262 e. The van der Waals surface area contributed by atoms with E-state index in [4.69, 9.17) is 0 Å². The molecule has 0 bridgehead atoms. The van der Waals surface area contributed by atoms with E-state index in [2.05, 4.69) is 4.72 Å². The van der Waals surface area contributed by atoms with E-state index < -0.39 is 20.0 Å². The SMILES string of the molecule is Cc1ccc(C)c(S(=O)(=O)Nc2ccc(S(=O)(=O)N3CCCCC3)cc2)c1. The molecule has 0 radical (unpaired) electrons. The van der Waals surface area contributed by atoms with Gasteiger partial charge in [-0.1, -0.05) is 18.6 Å². The molecule has 6 nitrogen and oxygen atoms in total. The molecule has 1 N–H and O–H groups in total. The van der Waals surface area contributed by atoms with Gasteiger partial charge in [0.15, 0.2) is 0 Å². The lowest BCUT2D eigenvalue weighted by molar-refractivity contribution is 0.346. The Labute approximate surface area is 161 Å². The molecule has 0 spiro atoms. The first kappa shape index (κ1) is 19.9. The minimum absolute atomic E-state index is 0.180. The van der Waals surface area contributed by atoms with Crippen LogP contribution in [0.3, 0.4) is 0 Å². The molecule has 1 heterocycles. The number of nitrogens with one attached hydrogen (secondary N) is 1. The number of hydrogen-bond donors (Lipinski definition) is 1. The highest BCUT2D eigenvalue weighted by Gasteiger charge is 2.26. The number of nitrogens with zero attached hydrogens (tertiary/aromatic N) is 1. The molecule has 1 aliphatic rings. The maximum atomic E-state index is 12.7. The molecule has 146 valence electrons. The summed E-state index contributed by atoms with van der Waals surface area (Å²) >= 11 is 0. The third-order valence-electron chi connectivity index (χ3n) is 4.69. The lowest BCUT2D eigenvalue weighted by Gasteiger charge is -2.25. The normalized spacial score (nSPS) is 16.2. The van der Waals surface area contributed by atoms with Crippen molar-refractivity contribution < 1.29 is 16.8 Å². The van der Waals surface area contributed by atoms with E-state index in [1.807, 2.05) is 13.0 Å². The van der Waals surface area contributed by atoms with Gasteiger partial charge in [-0.05, 0) is 68.1 Å². The molecular weight excluding hydrogens is 384 g/mol. The maximum absolute atomic E-state index is 12.7. The standard InChI is InChI=1S/C19H24N2O4S2/c1-15-6-7-16(2)19(14-15)26(22,23)20-17-8-10-18(11-9-17)27(24,25)21-12-4-3-5-13-21/h6-11,14,20H,3-5,12-13H2,1-2H3. The van der Waals surface area contributed by atoms with Crippen molar-refractivity contribution in [3.63, 3.8) is 0 Å². The molecule has 0 unspecified atom stereocenters. The molecule has 0 amide bonds. The van der Waals surface area contributed by atoms with Crippen molar-refractivity contribution in [3.05, 3.63) is 53.6 Å². The average molecular weight is 409 g/mol. The molecule has 0 saturated carbocycles. The van der Waals surface area contributed by atoms with Gasteiger partial charge in [0, 0.05) is 18.8 Å². The van der Waals surface area contributed by atoms with Crippen molar-refractivity contribution in [2.24, 2.45) is 0 Å². The monoisotopic (exact) mass is 408 g/mol. The van der Waals surface area contributed by atoms with Crippen molar-refractivity contribution in [2.45, 2.75) is 42.9 Å². The van der Waals surface area contributed by atoms with Crippen molar-refractivity contribution in [1.29, 1.82) is 0 Å². The molecule has 1 fully saturated rings. The molecule has 0 aliphatic carbocycles. The van der Waals surface area contributed by atoms with Gasteiger partial charge in [0.1, 0.15) is 0 Å².